The highest BCUT2D eigenvalue weighted by atomic mass is 79.9. The number of sulfonamides is 1. The summed E-state index contributed by atoms with van der Waals surface area (Å²) in [5.74, 6) is -1.74. The van der Waals surface area contributed by atoms with Crippen LogP contribution in [-0.2, 0) is 10.0 Å². The number of aromatic carboxylic acids is 1. The van der Waals surface area contributed by atoms with E-state index in [4.69, 9.17) is 9.52 Å². The summed E-state index contributed by atoms with van der Waals surface area (Å²) in [4.78, 5) is 10.5. The van der Waals surface area contributed by atoms with Gasteiger partial charge in [-0.05, 0) is 41.7 Å². The molecule has 0 aliphatic heterocycles. The fourth-order valence-electron chi connectivity index (χ4n) is 1.61. The first-order chi connectivity index (χ1) is 9.40. The van der Waals surface area contributed by atoms with Crippen molar-refractivity contribution >= 4 is 31.9 Å². The zero-order chi connectivity index (χ0) is 14.8. The van der Waals surface area contributed by atoms with Gasteiger partial charge in [-0.1, -0.05) is 0 Å². The molecule has 2 rings (SSSR count). The SMILES string of the molecule is O=C(O)c1cc(S(=O)(=O)NCCCNC2CC2)c(Br)o1. The van der Waals surface area contributed by atoms with Gasteiger partial charge in [0.15, 0.2) is 4.67 Å². The van der Waals surface area contributed by atoms with E-state index in [0.717, 1.165) is 12.6 Å². The molecule has 1 aliphatic rings. The number of halogens is 1. The highest BCUT2D eigenvalue weighted by molar-refractivity contribution is 9.10. The van der Waals surface area contributed by atoms with E-state index in [9.17, 15) is 13.2 Å². The van der Waals surface area contributed by atoms with Gasteiger partial charge in [0.25, 0.3) is 0 Å². The molecule has 9 heteroatoms. The van der Waals surface area contributed by atoms with Gasteiger partial charge in [0, 0.05) is 18.7 Å². The van der Waals surface area contributed by atoms with Gasteiger partial charge in [-0.25, -0.2) is 17.9 Å². The molecule has 112 valence electrons. The number of rotatable bonds is 8. The van der Waals surface area contributed by atoms with Crippen LogP contribution in [-0.4, -0.2) is 38.6 Å². The first kappa shape index (κ1) is 15.5. The van der Waals surface area contributed by atoms with E-state index in [1.165, 1.54) is 12.8 Å². The van der Waals surface area contributed by atoms with Crippen molar-refractivity contribution < 1.29 is 22.7 Å². The van der Waals surface area contributed by atoms with Crippen LogP contribution >= 0.6 is 15.9 Å². The van der Waals surface area contributed by atoms with Crippen LogP contribution in [0.25, 0.3) is 0 Å². The maximum absolute atomic E-state index is 12.0. The Bertz CT molecular complexity index is 594. The summed E-state index contributed by atoms with van der Waals surface area (Å²) >= 11 is 2.91. The van der Waals surface area contributed by atoms with Crippen molar-refractivity contribution in [1.29, 1.82) is 0 Å². The molecule has 1 aliphatic carbocycles. The lowest BCUT2D eigenvalue weighted by Crippen LogP contribution is -2.28. The molecule has 20 heavy (non-hydrogen) atoms. The number of hydrogen-bond acceptors (Lipinski definition) is 5. The molecule has 0 saturated heterocycles. The van der Waals surface area contributed by atoms with E-state index in [0.29, 0.717) is 12.5 Å². The van der Waals surface area contributed by atoms with Crippen LogP contribution < -0.4 is 10.0 Å². The Balaban J connectivity index is 1.89. The van der Waals surface area contributed by atoms with Crippen molar-refractivity contribution in [3.05, 3.63) is 16.5 Å². The molecule has 1 aromatic rings. The monoisotopic (exact) mass is 366 g/mol. The van der Waals surface area contributed by atoms with Crippen molar-refractivity contribution in [3.8, 4) is 0 Å². The molecule has 0 radical (unpaired) electrons. The van der Waals surface area contributed by atoms with Crippen LogP contribution in [0.1, 0.15) is 29.8 Å². The summed E-state index contributed by atoms with van der Waals surface area (Å²) in [7, 11) is -3.77. The average Bonchev–Trinajstić information content (AvgIpc) is 3.09. The number of carbonyl (C=O) groups is 1. The van der Waals surface area contributed by atoms with Crippen molar-refractivity contribution in [2.75, 3.05) is 13.1 Å². The first-order valence-electron chi connectivity index (χ1n) is 6.16. The number of hydrogen-bond donors (Lipinski definition) is 3. The second-order valence-electron chi connectivity index (χ2n) is 4.53. The fourth-order valence-corrected chi connectivity index (χ4v) is 3.62. The molecule has 1 saturated carbocycles. The van der Waals surface area contributed by atoms with E-state index in [1.54, 1.807) is 0 Å². The Kier molecular flexibility index (Phi) is 4.84. The van der Waals surface area contributed by atoms with Gasteiger partial charge in [-0.3, -0.25) is 0 Å². The van der Waals surface area contributed by atoms with Gasteiger partial charge in [-0.2, -0.15) is 0 Å². The van der Waals surface area contributed by atoms with Crippen LogP contribution in [0.3, 0.4) is 0 Å². The van der Waals surface area contributed by atoms with Crippen molar-refractivity contribution in [2.45, 2.75) is 30.2 Å². The lowest BCUT2D eigenvalue weighted by molar-refractivity contribution is 0.0661. The maximum atomic E-state index is 12.0. The van der Waals surface area contributed by atoms with Gasteiger partial charge in [-0.15, -0.1) is 0 Å². The molecule has 1 fully saturated rings. The zero-order valence-electron chi connectivity index (χ0n) is 10.6. The second-order valence-corrected chi connectivity index (χ2v) is 6.99. The minimum atomic E-state index is -3.77. The van der Waals surface area contributed by atoms with Gasteiger partial charge in [0.2, 0.25) is 15.8 Å². The number of furan rings is 1. The lowest BCUT2D eigenvalue weighted by atomic mass is 10.4. The Labute approximate surface area is 124 Å². The summed E-state index contributed by atoms with van der Waals surface area (Å²) in [6, 6.07) is 1.57. The van der Waals surface area contributed by atoms with E-state index in [1.807, 2.05) is 0 Å². The quantitative estimate of drug-likeness (QED) is 0.595. The molecule has 7 nitrogen and oxygen atoms in total. The number of carboxylic acid groups (broad SMARTS) is 1. The fraction of sp³-hybridized carbons (Fsp3) is 0.545. The van der Waals surface area contributed by atoms with Crippen molar-refractivity contribution in [1.82, 2.24) is 10.0 Å². The maximum Gasteiger partial charge on any atom is 0.371 e. The standard InChI is InChI=1S/C11H15BrN2O5S/c12-10-9(6-8(19-10)11(15)16)20(17,18)14-5-1-4-13-7-2-3-7/h6-7,13-14H,1-5H2,(H,15,16). The smallest absolute Gasteiger partial charge is 0.371 e. The summed E-state index contributed by atoms with van der Waals surface area (Å²) in [5, 5.41) is 12.0. The van der Waals surface area contributed by atoms with Gasteiger partial charge < -0.3 is 14.8 Å². The predicted molar refractivity (Wildman–Crippen MR) is 74.2 cm³/mol. The molecular weight excluding hydrogens is 352 g/mol. The first-order valence-corrected chi connectivity index (χ1v) is 8.43. The third-order valence-corrected chi connectivity index (χ3v) is 5.13. The third kappa shape index (κ3) is 4.05. The van der Waals surface area contributed by atoms with Gasteiger partial charge >= 0.3 is 5.97 Å². The molecule has 0 atom stereocenters. The molecule has 1 heterocycles. The molecule has 0 spiro atoms. The van der Waals surface area contributed by atoms with Crippen LogP contribution in [0.15, 0.2) is 20.0 Å². The molecule has 0 aromatic carbocycles. The van der Waals surface area contributed by atoms with Crippen LogP contribution in [0, 0.1) is 0 Å². The van der Waals surface area contributed by atoms with E-state index >= 15 is 0 Å². The van der Waals surface area contributed by atoms with Crippen LogP contribution in [0.5, 0.6) is 0 Å². The lowest BCUT2D eigenvalue weighted by Gasteiger charge is -2.05. The predicted octanol–water partition coefficient (Wildman–Crippen LogP) is 1.16. The molecule has 0 unspecified atom stereocenters. The third-order valence-electron chi connectivity index (χ3n) is 2.81. The molecule has 3 N–H and O–H groups in total. The Morgan fingerprint density at radius 1 is 1.45 bits per heavy atom. The van der Waals surface area contributed by atoms with E-state index in [-0.39, 0.29) is 16.1 Å². The van der Waals surface area contributed by atoms with Crippen molar-refractivity contribution in [2.24, 2.45) is 0 Å². The largest absolute Gasteiger partial charge is 0.475 e. The Morgan fingerprint density at radius 2 is 2.15 bits per heavy atom. The summed E-state index contributed by atoms with van der Waals surface area (Å²) in [5.41, 5.74) is 0. The van der Waals surface area contributed by atoms with Crippen LogP contribution in [0.2, 0.25) is 0 Å². The summed E-state index contributed by atoms with van der Waals surface area (Å²) in [6.07, 6.45) is 3.04. The Hall–Kier alpha value is -0.900. The normalized spacial score (nSPS) is 15.4. The minimum absolute atomic E-state index is 0.112. The highest BCUT2D eigenvalue weighted by Crippen LogP contribution is 2.26. The van der Waals surface area contributed by atoms with E-state index < -0.39 is 21.8 Å². The molecule has 1 aromatic heterocycles. The van der Waals surface area contributed by atoms with Crippen LogP contribution in [0.4, 0.5) is 0 Å². The number of carboxylic acids is 1. The average molecular weight is 367 g/mol. The molecule has 0 amide bonds. The zero-order valence-corrected chi connectivity index (χ0v) is 13.0. The van der Waals surface area contributed by atoms with Crippen molar-refractivity contribution in [3.63, 3.8) is 0 Å². The highest BCUT2D eigenvalue weighted by Gasteiger charge is 2.24. The van der Waals surface area contributed by atoms with E-state index in [2.05, 4.69) is 26.0 Å². The molecule has 0 bridgehead atoms. The number of nitrogens with one attached hydrogen (secondary N) is 2. The summed E-state index contributed by atoms with van der Waals surface area (Å²) in [6.45, 7) is 1.03. The minimum Gasteiger partial charge on any atom is -0.475 e. The second kappa shape index (κ2) is 6.25. The molecular formula is C11H15BrN2O5S. The topological polar surface area (TPSA) is 109 Å². The Morgan fingerprint density at radius 3 is 2.70 bits per heavy atom. The van der Waals surface area contributed by atoms with Gasteiger partial charge in [0.05, 0.1) is 0 Å². The summed E-state index contributed by atoms with van der Waals surface area (Å²) < 4.78 is 31.1. The van der Waals surface area contributed by atoms with Gasteiger partial charge in [0.1, 0.15) is 4.90 Å².